The van der Waals surface area contributed by atoms with Gasteiger partial charge in [0.15, 0.2) is 0 Å². The van der Waals surface area contributed by atoms with Gasteiger partial charge in [-0.3, -0.25) is 5.41 Å². The van der Waals surface area contributed by atoms with Gasteiger partial charge in [0.05, 0.1) is 11.4 Å². The van der Waals surface area contributed by atoms with Gasteiger partial charge in [-0.25, -0.2) is 0 Å². The van der Waals surface area contributed by atoms with Crippen LogP contribution in [0.25, 0.3) is 0 Å². The summed E-state index contributed by atoms with van der Waals surface area (Å²) >= 11 is 5.27. The van der Waals surface area contributed by atoms with Crippen LogP contribution in [0.15, 0.2) is 60.7 Å². The number of hydrogen-bond donors (Lipinski definition) is 3. The molecule has 4 heteroatoms. The Kier molecular flexibility index (Phi) is 5.91. The molecule has 0 aliphatic rings. The SMILES string of the molecule is N=C(CC(=S)NCc1ccccc1)NCc1ccccc1. The van der Waals surface area contributed by atoms with Crippen LogP contribution >= 0.6 is 12.2 Å². The van der Waals surface area contributed by atoms with Crippen molar-refractivity contribution in [3.05, 3.63) is 71.8 Å². The van der Waals surface area contributed by atoms with E-state index in [9.17, 15) is 0 Å². The summed E-state index contributed by atoms with van der Waals surface area (Å²) in [5, 5.41) is 14.2. The molecule has 0 aliphatic carbocycles. The molecule has 0 aliphatic heterocycles. The number of thiocarbonyl (C=S) groups is 1. The summed E-state index contributed by atoms with van der Waals surface area (Å²) < 4.78 is 0. The third-order valence-electron chi connectivity index (χ3n) is 3.02. The van der Waals surface area contributed by atoms with E-state index in [1.165, 1.54) is 5.56 Å². The maximum Gasteiger partial charge on any atom is 0.100 e. The average molecular weight is 297 g/mol. The van der Waals surface area contributed by atoms with E-state index in [-0.39, 0.29) is 0 Å². The lowest BCUT2D eigenvalue weighted by atomic mass is 10.2. The van der Waals surface area contributed by atoms with Gasteiger partial charge in [-0.2, -0.15) is 0 Å². The summed E-state index contributed by atoms with van der Waals surface area (Å²) in [7, 11) is 0. The second-order valence-electron chi connectivity index (χ2n) is 4.76. The van der Waals surface area contributed by atoms with Crippen molar-refractivity contribution >= 4 is 23.0 Å². The van der Waals surface area contributed by atoms with Crippen LogP contribution in [0.3, 0.4) is 0 Å². The standard InChI is InChI=1S/C17H19N3S/c18-16(19-12-14-7-3-1-4-8-14)11-17(21)20-13-15-9-5-2-6-10-15/h1-10H,11-13H2,(H2,18,19)(H,20,21). The largest absolute Gasteiger partial charge is 0.375 e. The lowest BCUT2D eigenvalue weighted by Gasteiger charge is -2.11. The predicted octanol–water partition coefficient (Wildman–Crippen LogP) is 3.26. The van der Waals surface area contributed by atoms with Crippen molar-refractivity contribution in [2.75, 3.05) is 0 Å². The summed E-state index contributed by atoms with van der Waals surface area (Å²) in [5.74, 6) is 0.435. The first kappa shape index (κ1) is 15.2. The number of benzene rings is 2. The fraction of sp³-hybridized carbons (Fsp3) is 0.176. The zero-order valence-electron chi connectivity index (χ0n) is 11.8. The smallest absolute Gasteiger partial charge is 0.100 e. The molecule has 0 aromatic heterocycles. The summed E-state index contributed by atoms with van der Waals surface area (Å²) in [6, 6.07) is 20.1. The maximum atomic E-state index is 7.91. The minimum absolute atomic E-state index is 0.435. The third-order valence-corrected chi connectivity index (χ3v) is 3.31. The lowest BCUT2D eigenvalue weighted by Crippen LogP contribution is -2.29. The molecule has 0 fully saturated rings. The van der Waals surface area contributed by atoms with Crippen molar-refractivity contribution in [3.8, 4) is 0 Å². The Morgan fingerprint density at radius 3 is 1.81 bits per heavy atom. The molecule has 0 saturated carbocycles. The van der Waals surface area contributed by atoms with E-state index in [2.05, 4.69) is 22.8 Å². The first-order chi connectivity index (χ1) is 10.2. The molecule has 2 aromatic rings. The van der Waals surface area contributed by atoms with Crippen LogP contribution in [0, 0.1) is 5.41 Å². The highest BCUT2D eigenvalue weighted by Gasteiger charge is 2.02. The molecule has 0 saturated heterocycles. The van der Waals surface area contributed by atoms with E-state index in [0.29, 0.717) is 30.3 Å². The molecule has 3 nitrogen and oxygen atoms in total. The number of rotatable bonds is 6. The van der Waals surface area contributed by atoms with Crippen LogP contribution in [-0.4, -0.2) is 10.8 Å². The van der Waals surface area contributed by atoms with Crippen molar-refractivity contribution < 1.29 is 0 Å². The van der Waals surface area contributed by atoms with Crippen LogP contribution in [0.2, 0.25) is 0 Å². The minimum Gasteiger partial charge on any atom is -0.375 e. The predicted molar refractivity (Wildman–Crippen MR) is 91.5 cm³/mol. The van der Waals surface area contributed by atoms with E-state index in [0.717, 1.165) is 5.56 Å². The highest BCUT2D eigenvalue weighted by molar-refractivity contribution is 7.80. The van der Waals surface area contributed by atoms with Gasteiger partial charge in [0, 0.05) is 13.1 Å². The fourth-order valence-electron chi connectivity index (χ4n) is 1.89. The zero-order chi connectivity index (χ0) is 14.9. The molecule has 0 amide bonds. The van der Waals surface area contributed by atoms with Crippen LogP contribution < -0.4 is 10.6 Å². The van der Waals surface area contributed by atoms with Gasteiger partial charge >= 0.3 is 0 Å². The summed E-state index contributed by atoms with van der Waals surface area (Å²) in [5.41, 5.74) is 2.34. The van der Waals surface area contributed by atoms with Crippen molar-refractivity contribution in [2.24, 2.45) is 0 Å². The molecule has 108 valence electrons. The monoisotopic (exact) mass is 297 g/mol. The van der Waals surface area contributed by atoms with Gasteiger partial charge in [0.1, 0.15) is 5.84 Å². The van der Waals surface area contributed by atoms with Gasteiger partial charge in [0.2, 0.25) is 0 Å². The molecule has 0 bridgehead atoms. The number of hydrogen-bond acceptors (Lipinski definition) is 2. The minimum atomic E-state index is 0.435. The zero-order valence-corrected chi connectivity index (χ0v) is 12.6. The van der Waals surface area contributed by atoms with Gasteiger partial charge < -0.3 is 10.6 Å². The number of nitrogens with one attached hydrogen (secondary N) is 3. The Morgan fingerprint density at radius 1 is 0.810 bits per heavy atom. The Labute approximate surface area is 130 Å². The van der Waals surface area contributed by atoms with E-state index in [1.807, 2.05) is 48.5 Å². The number of amidine groups is 1. The molecule has 0 atom stereocenters. The topological polar surface area (TPSA) is 47.9 Å². The van der Waals surface area contributed by atoms with Crippen LogP contribution in [0.4, 0.5) is 0 Å². The van der Waals surface area contributed by atoms with E-state index in [1.54, 1.807) is 0 Å². The van der Waals surface area contributed by atoms with Crippen LogP contribution in [0.5, 0.6) is 0 Å². The van der Waals surface area contributed by atoms with E-state index < -0.39 is 0 Å². The molecular formula is C17H19N3S. The highest BCUT2D eigenvalue weighted by atomic mass is 32.1. The summed E-state index contributed by atoms with van der Waals surface area (Å²) in [4.78, 5) is 0.685. The van der Waals surface area contributed by atoms with E-state index >= 15 is 0 Å². The Hall–Kier alpha value is -2.20. The van der Waals surface area contributed by atoms with Crippen molar-refractivity contribution in [1.29, 1.82) is 5.41 Å². The molecule has 0 spiro atoms. The van der Waals surface area contributed by atoms with Crippen molar-refractivity contribution in [3.63, 3.8) is 0 Å². The van der Waals surface area contributed by atoms with Crippen LogP contribution in [-0.2, 0) is 13.1 Å². The molecule has 0 heterocycles. The Bertz CT molecular complexity index is 528. The molecule has 0 unspecified atom stereocenters. The second kappa shape index (κ2) is 8.17. The van der Waals surface area contributed by atoms with Gasteiger partial charge in [-0.15, -0.1) is 0 Å². The van der Waals surface area contributed by atoms with Gasteiger partial charge in [0.25, 0.3) is 0 Å². The molecule has 2 aromatic carbocycles. The molecule has 0 radical (unpaired) electrons. The Morgan fingerprint density at radius 2 is 1.29 bits per heavy atom. The Balaban J connectivity index is 1.69. The van der Waals surface area contributed by atoms with E-state index in [4.69, 9.17) is 17.6 Å². The third kappa shape index (κ3) is 5.75. The molecular weight excluding hydrogens is 278 g/mol. The fourth-order valence-corrected chi connectivity index (χ4v) is 2.10. The quantitative estimate of drug-likeness (QED) is 0.436. The average Bonchev–Trinajstić information content (AvgIpc) is 2.53. The molecule has 2 rings (SSSR count). The normalized spacial score (nSPS) is 9.90. The summed E-state index contributed by atoms with van der Waals surface area (Å²) in [6.45, 7) is 1.35. The summed E-state index contributed by atoms with van der Waals surface area (Å²) in [6.07, 6.45) is 0.439. The first-order valence-corrected chi connectivity index (χ1v) is 7.31. The lowest BCUT2D eigenvalue weighted by molar-refractivity contribution is 0.879. The van der Waals surface area contributed by atoms with Crippen molar-refractivity contribution in [2.45, 2.75) is 19.5 Å². The van der Waals surface area contributed by atoms with Gasteiger partial charge in [-0.1, -0.05) is 72.9 Å². The first-order valence-electron chi connectivity index (χ1n) is 6.90. The van der Waals surface area contributed by atoms with Gasteiger partial charge in [-0.05, 0) is 11.1 Å². The molecule has 21 heavy (non-hydrogen) atoms. The second-order valence-corrected chi connectivity index (χ2v) is 5.25. The molecule has 3 N–H and O–H groups in total. The highest BCUT2D eigenvalue weighted by Crippen LogP contribution is 1.99. The van der Waals surface area contributed by atoms with Crippen LogP contribution in [0.1, 0.15) is 17.5 Å². The van der Waals surface area contributed by atoms with Crippen molar-refractivity contribution in [1.82, 2.24) is 10.6 Å². The maximum absolute atomic E-state index is 7.91.